The average molecular weight is 317 g/mol. The molecule has 1 aromatic carbocycles. The van der Waals surface area contributed by atoms with Crippen LogP contribution in [-0.4, -0.2) is 23.5 Å². The van der Waals surface area contributed by atoms with E-state index in [0.717, 1.165) is 16.0 Å². The molecule has 0 saturated heterocycles. The van der Waals surface area contributed by atoms with Crippen LogP contribution in [0.5, 0.6) is 0 Å². The second kappa shape index (κ2) is 7.75. The van der Waals surface area contributed by atoms with Crippen LogP contribution in [0.2, 0.25) is 0 Å². The first-order valence-electron chi connectivity index (χ1n) is 7.12. The van der Waals surface area contributed by atoms with E-state index in [4.69, 9.17) is 0 Å². The lowest BCUT2D eigenvalue weighted by Crippen LogP contribution is -2.34. The Kier molecular flexibility index (Phi) is 5.72. The lowest BCUT2D eigenvalue weighted by Gasteiger charge is -2.13. The van der Waals surface area contributed by atoms with E-state index in [1.807, 2.05) is 48.7 Å². The third-order valence-electron chi connectivity index (χ3n) is 3.41. The average Bonchev–Trinajstić information content (AvgIpc) is 2.98. The standard InChI is InChI=1S/C17H19NO3S/c1-12-4-6-13(7-5-12)9-14(17(20)21)11-18-16(19)10-15-3-2-8-22-15/h2-8,14H,9-11H2,1H3,(H,18,19)(H,20,21)/t14-/m1/s1. The Morgan fingerprint density at radius 3 is 2.55 bits per heavy atom. The Morgan fingerprint density at radius 2 is 1.95 bits per heavy atom. The van der Waals surface area contributed by atoms with Crippen molar-refractivity contribution >= 4 is 23.2 Å². The summed E-state index contributed by atoms with van der Waals surface area (Å²) in [6, 6.07) is 11.6. The largest absolute Gasteiger partial charge is 0.481 e. The monoisotopic (exact) mass is 317 g/mol. The maximum Gasteiger partial charge on any atom is 0.308 e. The van der Waals surface area contributed by atoms with Gasteiger partial charge in [0.25, 0.3) is 0 Å². The highest BCUT2D eigenvalue weighted by Crippen LogP contribution is 2.11. The number of aryl methyl sites for hydroxylation is 1. The predicted octanol–water partition coefficient (Wildman–Crippen LogP) is 2.66. The number of aliphatic carboxylic acids is 1. The van der Waals surface area contributed by atoms with Gasteiger partial charge in [-0.3, -0.25) is 9.59 Å². The van der Waals surface area contributed by atoms with Crippen LogP contribution in [-0.2, 0) is 22.4 Å². The van der Waals surface area contributed by atoms with Crippen LogP contribution in [0.1, 0.15) is 16.0 Å². The number of rotatable bonds is 7. The molecule has 116 valence electrons. The van der Waals surface area contributed by atoms with Crippen LogP contribution in [0.15, 0.2) is 41.8 Å². The highest BCUT2D eigenvalue weighted by molar-refractivity contribution is 7.10. The zero-order valence-electron chi connectivity index (χ0n) is 12.4. The molecule has 0 bridgehead atoms. The van der Waals surface area contributed by atoms with E-state index in [1.54, 1.807) is 0 Å². The molecule has 5 heteroatoms. The molecule has 0 radical (unpaired) electrons. The Bertz CT molecular complexity index is 620. The fourth-order valence-corrected chi connectivity index (χ4v) is 2.83. The summed E-state index contributed by atoms with van der Waals surface area (Å²) in [7, 11) is 0. The third-order valence-corrected chi connectivity index (χ3v) is 4.29. The summed E-state index contributed by atoms with van der Waals surface area (Å²) < 4.78 is 0. The first-order valence-corrected chi connectivity index (χ1v) is 8.00. The van der Waals surface area contributed by atoms with Gasteiger partial charge in [0.05, 0.1) is 12.3 Å². The fourth-order valence-electron chi connectivity index (χ4n) is 2.13. The molecule has 0 saturated carbocycles. The molecule has 1 amide bonds. The van der Waals surface area contributed by atoms with Crippen molar-refractivity contribution in [3.8, 4) is 0 Å². The highest BCUT2D eigenvalue weighted by atomic mass is 32.1. The molecule has 0 spiro atoms. The maximum atomic E-state index is 11.8. The van der Waals surface area contributed by atoms with Crippen LogP contribution in [0, 0.1) is 12.8 Å². The lowest BCUT2D eigenvalue weighted by atomic mass is 9.98. The van der Waals surface area contributed by atoms with Crippen molar-refractivity contribution in [3.05, 3.63) is 57.8 Å². The number of benzene rings is 1. The molecule has 2 rings (SSSR count). The summed E-state index contributed by atoms with van der Waals surface area (Å²) >= 11 is 1.52. The summed E-state index contributed by atoms with van der Waals surface area (Å²) in [5.41, 5.74) is 2.10. The summed E-state index contributed by atoms with van der Waals surface area (Å²) in [4.78, 5) is 24.2. The molecule has 1 aromatic heterocycles. The molecule has 0 aliphatic rings. The van der Waals surface area contributed by atoms with Gasteiger partial charge in [-0.2, -0.15) is 0 Å². The van der Waals surface area contributed by atoms with Gasteiger partial charge in [0, 0.05) is 11.4 Å². The second-order valence-electron chi connectivity index (χ2n) is 5.29. The van der Waals surface area contributed by atoms with Crippen molar-refractivity contribution in [1.29, 1.82) is 0 Å². The van der Waals surface area contributed by atoms with E-state index >= 15 is 0 Å². The first-order chi connectivity index (χ1) is 10.5. The molecule has 0 unspecified atom stereocenters. The van der Waals surface area contributed by atoms with Gasteiger partial charge in [0.2, 0.25) is 5.91 Å². The molecule has 1 atom stereocenters. The van der Waals surface area contributed by atoms with Crippen molar-refractivity contribution in [2.45, 2.75) is 19.8 Å². The van der Waals surface area contributed by atoms with Gasteiger partial charge in [-0.1, -0.05) is 35.9 Å². The summed E-state index contributed by atoms with van der Waals surface area (Å²) in [5, 5.41) is 13.9. The molecular weight excluding hydrogens is 298 g/mol. The number of carboxylic acid groups (broad SMARTS) is 1. The minimum atomic E-state index is -0.892. The van der Waals surface area contributed by atoms with Crippen LogP contribution in [0.3, 0.4) is 0 Å². The summed E-state index contributed by atoms with van der Waals surface area (Å²) in [5.74, 6) is -1.65. The number of carbonyl (C=O) groups is 2. The Morgan fingerprint density at radius 1 is 1.23 bits per heavy atom. The van der Waals surface area contributed by atoms with Gasteiger partial charge in [0.15, 0.2) is 0 Å². The maximum absolute atomic E-state index is 11.8. The van der Waals surface area contributed by atoms with Crippen LogP contribution < -0.4 is 5.32 Å². The van der Waals surface area contributed by atoms with Crippen molar-refractivity contribution in [2.24, 2.45) is 5.92 Å². The molecule has 2 aromatic rings. The van der Waals surface area contributed by atoms with E-state index < -0.39 is 11.9 Å². The van der Waals surface area contributed by atoms with E-state index in [0.29, 0.717) is 12.8 Å². The third kappa shape index (κ3) is 5.00. The fraction of sp³-hybridized carbons (Fsp3) is 0.294. The Labute approximate surface area is 133 Å². The minimum absolute atomic E-state index is 0.141. The number of carbonyl (C=O) groups excluding carboxylic acids is 1. The van der Waals surface area contributed by atoms with Crippen molar-refractivity contribution in [3.63, 3.8) is 0 Å². The predicted molar refractivity (Wildman–Crippen MR) is 87.0 cm³/mol. The van der Waals surface area contributed by atoms with Gasteiger partial charge in [-0.25, -0.2) is 0 Å². The molecule has 1 heterocycles. The van der Waals surface area contributed by atoms with Crippen LogP contribution in [0.4, 0.5) is 0 Å². The van der Waals surface area contributed by atoms with Gasteiger partial charge < -0.3 is 10.4 Å². The van der Waals surface area contributed by atoms with Gasteiger partial charge in [-0.15, -0.1) is 11.3 Å². The number of amides is 1. The molecular formula is C17H19NO3S. The SMILES string of the molecule is Cc1ccc(C[C@H](CNC(=O)Cc2cccs2)C(=O)O)cc1. The molecule has 4 nitrogen and oxygen atoms in total. The van der Waals surface area contributed by atoms with E-state index in [9.17, 15) is 14.7 Å². The molecule has 0 aliphatic heterocycles. The van der Waals surface area contributed by atoms with E-state index in [2.05, 4.69) is 5.32 Å². The molecule has 0 fully saturated rings. The summed E-state index contributed by atoms with van der Waals surface area (Å²) in [6.07, 6.45) is 0.712. The highest BCUT2D eigenvalue weighted by Gasteiger charge is 2.19. The number of hydrogen-bond donors (Lipinski definition) is 2. The minimum Gasteiger partial charge on any atom is -0.481 e. The van der Waals surface area contributed by atoms with Crippen molar-refractivity contribution in [2.75, 3.05) is 6.54 Å². The number of hydrogen-bond acceptors (Lipinski definition) is 3. The van der Waals surface area contributed by atoms with Gasteiger partial charge >= 0.3 is 5.97 Å². The number of nitrogens with one attached hydrogen (secondary N) is 1. The van der Waals surface area contributed by atoms with E-state index in [-0.39, 0.29) is 12.5 Å². The molecule has 2 N–H and O–H groups in total. The zero-order valence-corrected chi connectivity index (χ0v) is 13.2. The quantitative estimate of drug-likeness (QED) is 0.825. The van der Waals surface area contributed by atoms with E-state index in [1.165, 1.54) is 11.3 Å². The number of carboxylic acids is 1. The van der Waals surface area contributed by atoms with Crippen molar-refractivity contribution in [1.82, 2.24) is 5.32 Å². The molecule has 0 aliphatic carbocycles. The smallest absolute Gasteiger partial charge is 0.308 e. The van der Waals surface area contributed by atoms with Crippen LogP contribution >= 0.6 is 11.3 Å². The van der Waals surface area contributed by atoms with Crippen LogP contribution in [0.25, 0.3) is 0 Å². The Balaban J connectivity index is 1.87. The second-order valence-corrected chi connectivity index (χ2v) is 6.32. The first kappa shape index (κ1) is 16.2. The Hall–Kier alpha value is -2.14. The van der Waals surface area contributed by atoms with Crippen molar-refractivity contribution < 1.29 is 14.7 Å². The summed E-state index contributed by atoms with van der Waals surface area (Å²) in [6.45, 7) is 2.14. The molecule has 22 heavy (non-hydrogen) atoms. The zero-order chi connectivity index (χ0) is 15.9. The van der Waals surface area contributed by atoms with Gasteiger partial charge in [0.1, 0.15) is 0 Å². The number of thiophene rings is 1. The normalized spacial score (nSPS) is 11.9. The topological polar surface area (TPSA) is 66.4 Å². The van der Waals surface area contributed by atoms with Gasteiger partial charge in [-0.05, 0) is 30.4 Å². The lowest BCUT2D eigenvalue weighted by molar-refractivity contribution is -0.141.